The molecule has 0 spiro atoms. The van der Waals surface area contributed by atoms with Gasteiger partial charge in [-0.3, -0.25) is 0 Å². The average Bonchev–Trinajstić information content (AvgIpc) is 3.69. The quantitative estimate of drug-likeness (QED) is 0.142. The molecule has 0 amide bonds. The lowest BCUT2D eigenvalue weighted by Crippen LogP contribution is -2.06. The Morgan fingerprint density at radius 1 is 0.274 bits per heavy atom. The number of para-hydroxylation sites is 1. The van der Waals surface area contributed by atoms with Gasteiger partial charge in [-0.15, -0.1) is 0 Å². The van der Waals surface area contributed by atoms with Gasteiger partial charge in [0.1, 0.15) is 0 Å². The minimum atomic E-state index is -0.0126. The molecule has 1 aromatic heterocycles. The van der Waals surface area contributed by atoms with Crippen LogP contribution in [-0.2, 0) is 0 Å². The highest BCUT2D eigenvalue weighted by Crippen LogP contribution is 2.44. The Hall–Kier alpha value is -8.00. The van der Waals surface area contributed by atoms with Crippen LogP contribution in [0.3, 0.4) is 0 Å². The van der Waals surface area contributed by atoms with Crippen LogP contribution >= 0.6 is 0 Å². The fraction of sp³-hybridized carbons (Fsp3) is 0.0164. The van der Waals surface area contributed by atoms with Gasteiger partial charge in [0.15, 0.2) is 0 Å². The van der Waals surface area contributed by atoms with Gasteiger partial charge < -0.3 is 4.57 Å². The molecule has 0 aliphatic carbocycles. The van der Waals surface area contributed by atoms with Crippen LogP contribution in [0.4, 0.5) is 0 Å². The summed E-state index contributed by atoms with van der Waals surface area (Å²) in [6.07, 6.45) is 0. The van der Waals surface area contributed by atoms with E-state index in [0.29, 0.717) is 0 Å². The normalized spacial score (nSPS) is 11.7. The lowest BCUT2D eigenvalue weighted by atomic mass is 9.83. The SMILES string of the molecule is c1ccc(-c2ccc(C(c3ccc(-c4ccccc4)cc3)c3cc(-n4c5ccccc5c5c6c(-c7ccc8ccccc8c7)cccc6ccc54)c4ccccc4c3)cc2)cc1. The van der Waals surface area contributed by atoms with E-state index in [1.165, 1.54) is 110 Å². The Morgan fingerprint density at radius 2 is 0.806 bits per heavy atom. The van der Waals surface area contributed by atoms with E-state index in [9.17, 15) is 0 Å². The van der Waals surface area contributed by atoms with Gasteiger partial charge in [-0.25, -0.2) is 0 Å². The van der Waals surface area contributed by atoms with Crippen molar-refractivity contribution in [3.05, 3.63) is 259 Å². The monoisotopic (exact) mass is 787 g/mol. The zero-order valence-corrected chi connectivity index (χ0v) is 34.1. The summed E-state index contributed by atoms with van der Waals surface area (Å²) in [5.41, 5.74) is 14.7. The molecule has 0 atom stereocenters. The van der Waals surface area contributed by atoms with Crippen LogP contribution < -0.4 is 0 Å². The van der Waals surface area contributed by atoms with Crippen molar-refractivity contribution >= 4 is 54.1 Å². The molecule has 0 aliphatic rings. The molecule has 62 heavy (non-hydrogen) atoms. The van der Waals surface area contributed by atoms with E-state index in [2.05, 4.69) is 247 Å². The highest BCUT2D eigenvalue weighted by molar-refractivity contribution is 6.25. The standard InChI is InChI=1S/C61H41N/c1-3-14-41(15-4-1)44-26-31-47(32-27-44)59(48-33-28-45(29-34-48)42-16-5-2-6-17-42)52-39-50-20-9-10-22-53(50)58(40-52)62-56-25-12-11-23-55(56)61-57(62)37-36-46-21-13-24-54(60(46)61)51-35-30-43-18-7-8-19-49(43)38-51/h1-40,59H. The molecule has 0 N–H and O–H groups in total. The smallest absolute Gasteiger partial charge is 0.0548 e. The molecule has 0 unspecified atom stereocenters. The topological polar surface area (TPSA) is 4.93 Å². The van der Waals surface area contributed by atoms with Crippen molar-refractivity contribution in [2.45, 2.75) is 5.92 Å². The predicted octanol–water partition coefficient (Wildman–Crippen LogP) is 16.4. The second-order valence-corrected chi connectivity index (χ2v) is 16.4. The number of aromatic nitrogens is 1. The molecule has 0 radical (unpaired) electrons. The molecule has 1 heteroatoms. The van der Waals surface area contributed by atoms with Crippen LogP contribution in [0.25, 0.3) is 93.2 Å². The van der Waals surface area contributed by atoms with Crippen molar-refractivity contribution in [2.75, 3.05) is 0 Å². The van der Waals surface area contributed by atoms with Crippen molar-refractivity contribution in [3.8, 4) is 39.1 Å². The fourth-order valence-corrected chi connectivity index (χ4v) is 9.93. The zero-order valence-electron chi connectivity index (χ0n) is 34.1. The Kier molecular flexibility index (Phi) is 8.64. The minimum absolute atomic E-state index is 0.0126. The van der Waals surface area contributed by atoms with Gasteiger partial charge >= 0.3 is 0 Å². The molecule has 12 rings (SSSR count). The van der Waals surface area contributed by atoms with E-state index < -0.39 is 0 Å². The Morgan fingerprint density at radius 3 is 1.50 bits per heavy atom. The molecule has 11 aromatic carbocycles. The number of fused-ring (bicyclic) bond motifs is 7. The van der Waals surface area contributed by atoms with Gasteiger partial charge in [0.2, 0.25) is 0 Å². The number of hydrogen-bond acceptors (Lipinski definition) is 0. The first-order valence-electron chi connectivity index (χ1n) is 21.5. The highest BCUT2D eigenvalue weighted by atomic mass is 15.0. The lowest BCUT2D eigenvalue weighted by Gasteiger charge is -2.23. The maximum Gasteiger partial charge on any atom is 0.0548 e. The van der Waals surface area contributed by atoms with Crippen LogP contribution in [0.1, 0.15) is 22.6 Å². The van der Waals surface area contributed by atoms with Crippen LogP contribution in [0.15, 0.2) is 243 Å². The first kappa shape index (κ1) is 35.9. The van der Waals surface area contributed by atoms with Crippen LogP contribution in [0.5, 0.6) is 0 Å². The number of nitrogens with zero attached hydrogens (tertiary/aromatic N) is 1. The van der Waals surface area contributed by atoms with Gasteiger partial charge in [-0.05, 0) is 101 Å². The molecule has 1 heterocycles. The third-order valence-electron chi connectivity index (χ3n) is 12.9. The summed E-state index contributed by atoms with van der Waals surface area (Å²) < 4.78 is 2.53. The van der Waals surface area contributed by atoms with E-state index in [4.69, 9.17) is 0 Å². The summed E-state index contributed by atoms with van der Waals surface area (Å²) in [4.78, 5) is 0. The second kappa shape index (κ2) is 14.9. The second-order valence-electron chi connectivity index (χ2n) is 16.4. The van der Waals surface area contributed by atoms with Gasteiger partial charge in [-0.2, -0.15) is 0 Å². The third-order valence-corrected chi connectivity index (χ3v) is 12.9. The highest BCUT2D eigenvalue weighted by Gasteiger charge is 2.23. The molecule has 0 saturated heterocycles. The van der Waals surface area contributed by atoms with E-state index in [1.54, 1.807) is 0 Å². The van der Waals surface area contributed by atoms with Crippen molar-refractivity contribution in [1.82, 2.24) is 4.57 Å². The van der Waals surface area contributed by atoms with E-state index in [1.807, 2.05) is 0 Å². The summed E-state index contributed by atoms with van der Waals surface area (Å²) in [6.45, 7) is 0. The zero-order chi connectivity index (χ0) is 41.0. The van der Waals surface area contributed by atoms with Crippen LogP contribution in [0.2, 0.25) is 0 Å². The molecule has 0 fully saturated rings. The maximum absolute atomic E-state index is 2.53. The van der Waals surface area contributed by atoms with Gasteiger partial charge in [0.25, 0.3) is 0 Å². The summed E-state index contributed by atoms with van der Waals surface area (Å²) in [5, 5.41) is 9.99. The first-order chi connectivity index (χ1) is 30.7. The molecule has 1 nitrogen and oxygen atoms in total. The number of hydrogen-bond donors (Lipinski definition) is 0. The Balaban J connectivity index is 1.10. The largest absolute Gasteiger partial charge is 0.309 e. The van der Waals surface area contributed by atoms with E-state index in [-0.39, 0.29) is 5.92 Å². The summed E-state index contributed by atoms with van der Waals surface area (Å²) in [6, 6.07) is 89.5. The molecular formula is C61H41N. The maximum atomic E-state index is 2.53. The predicted molar refractivity (Wildman–Crippen MR) is 263 cm³/mol. The summed E-state index contributed by atoms with van der Waals surface area (Å²) in [5.74, 6) is -0.0126. The molecule has 0 aliphatic heterocycles. The van der Waals surface area contributed by atoms with Crippen molar-refractivity contribution in [3.63, 3.8) is 0 Å². The van der Waals surface area contributed by atoms with Crippen LogP contribution in [-0.4, -0.2) is 4.57 Å². The van der Waals surface area contributed by atoms with E-state index in [0.717, 1.165) is 0 Å². The van der Waals surface area contributed by atoms with Crippen molar-refractivity contribution in [2.24, 2.45) is 0 Å². The summed E-state index contributed by atoms with van der Waals surface area (Å²) >= 11 is 0. The Bertz CT molecular complexity index is 3520. The van der Waals surface area contributed by atoms with Crippen LogP contribution in [0, 0.1) is 0 Å². The molecule has 0 bridgehead atoms. The van der Waals surface area contributed by atoms with Gasteiger partial charge in [0, 0.05) is 22.1 Å². The van der Waals surface area contributed by atoms with Gasteiger partial charge in [0.05, 0.1) is 16.7 Å². The number of benzene rings is 11. The molecule has 0 saturated carbocycles. The molecule has 290 valence electrons. The molecule has 12 aromatic rings. The third kappa shape index (κ3) is 6.09. The van der Waals surface area contributed by atoms with Crippen molar-refractivity contribution in [1.29, 1.82) is 0 Å². The number of rotatable bonds is 7. The summed E-state index contributed by atoms with van der Waals surface area (Å²) in [7, 11) is 0. The fourth-order valence-electron chi connectivity index (χ4n) is 9.93. The van der Waals surface area contributed by atoms with Crippen molar-refractivity contribution < 1.29 is 0 Å². The Labute approximate surface area is 361 Å². The molecular weight excluding hydrogens is 747 g/mol. The van der Waals surface area contributed by atoms with Gasteiger partial charge in [-0.1, -0.05) is 218 Å². The lowest BCUT2D eigenvalue weighted by molar-refractivity contribution is 0.976. The average molecular weight is 788 g/mol. The first-order valence-corrected chi connectivity index (χ1v) is 21.5. The minimum Gasteiger partial charge on any atom is -0.309 e. The van der Waals surface area contributed by atoms with E-state index >= 15 is 0 Å².